The summed E-state index contributed by atoms with van der Waals surface area (Å²) in [4.78, 5) is 21.5. The van der Waals surface area contributed by atoms with Crippen LogP contribution < -0.4 is 16.4 Å². The minimum Gasteiger partial charge on any atom is -0.481 e. The van der Waals surface area contributed by atoms with Crippen LogP contribution >= 0.6 is 0 Å². The Morgan fingerprint density at radius 3 is 2.47 bits per heavy atom. The smallest absolute Gasteiger partial charge is 0.314 e. The Bertz CT molecular complexity index is 209. The maximum Gasteiger partial charge on any atom is 0.314 e. The van der Waals surface area contributed by atoms with Crippen LogP contribution in [0.1, 0.15) is 19.8 Å². The van der Waals surface area contributed by atoms with E-state index < -0.39 is 11.9 Å². The lowest BCUT2D eigenvalue weighted by Gasteiger charge is -2.08. The van der Waals surface area contributed by atoms with E-state index in [-0.39, 0.29) is 6.03 Å². The number of carbonyl (C=O) groups is 2. The molecule has 0 fully saturated rings. The molecule has 0 radical (unpaired) electrons. The van der Waals surface area contributed by atoms with E-state index in [1.165, 1.54) is 0 Å². The van der Waals surface area contributed by atoms with Gasteiger partial charge in [-0.3, -0.25) is 4.79 Å². The van der Waals surface area contributed by atoms with E-state index in [0.29, 0.717) is 26.1 Å². The van der Waals surface area contributed by atoms with E-state index in [1.807, 2.05) is 0 Å². The van der Waals surface area contributed by atoms with Crippen molar-refractivity contribution in [2.75, 3.05) is 19.6 Å². The summed E-state index contributed by atoms with van der Waals surface area (Å²) in [5, 5.41) is 13.8. The van der Waals surface area contributed by atoms with Gasteiger partial charge in [0, 0.05) is 13.1 Å². The van der Waals surface area contributed by atoms with Crippen LogP contribution in [0.25, 0.3) is 0 Å². The molecule has 0 bridgehead atoms. The summed E-state index contributed by atoms with van der Waals surface area (Å²) in [6.07, 6.45) is 1.17. The number of hydrogen-bond acceptors (Lipinski definition) is 3. The number of carbonyl (C=O) groups excluding carboxylic acids is 1. The lowest BCUT2D eigenvalue weighted by Crippen LogP contribution is -2.37. The van der Waals surface area contributed by atoms with Gasteiger partial charge in [0.15, 0.2) is 0 Å². The number of carboxylic acids is 1. The van der Waals surface area contributed by atoms with Gasteiger partial charge in [-0.15, -0.1) is 0 Å². The molecular weight excluding hydrogens is 198 g/mol. The Hall–Kier alpha value is -1.30. The number of rotatable bonds is 7. The third kappa shape index (κ3) is 7.75. The second-order valence-corrected chi connectivity index (χ2v) is 3.35. The molecule has 0 saturated heterocycles. The Labute approximate surface area is 89.2 Å². The molecular formula is C9H19N3O3. The van der Waals surface area contributed by atoms with E-state index in [0.717, 1.165) is 6.42 Å². The molecule has 0 aromatic carbocycles. The standard InChI is InChI=1S/C9H19N3O3/c1-7(8(13)14)3-6-12-9(15)11-5-2-4-10/h7H,2-6,10H2,1H3,(H,13,14)(H2,11,12,15). The number of hydrogen-bond donors (Lipinski definition) is 4. The van der Waals surface area contributed by atoms with Crippen molar-refractivity contribution in [3.8, 4) is 0 Å². The van der Waals surface area contributed by atoms with Crippen LogP contribution in [-0.2, 0) is 4.79 Å². The molecule has 1 atom stereocenters. The normalized spacial score (nSPS) is 11.9. The average molecular weight is 217 g/mol. The van der Waals surface area contributed by atoms with Crippen molar-refractivity contribution in [1.29, 1.82) is 0 Å². The number of carboxylic acid groups (broad SMARTS) is 1. The van der Waals surface area contributed by atoms with Crippen LogP contribution in [0.3, 0.4) is 0 Å². The Kier molecular flexibility index (Phi) is 7.35. The van der Waals surface area contributed by atoms with Gasteiger partial charge >= 0.3 is 12.0 Å². The summed E-state index contributed by atoms with van der Waals surface area (Å²) >= 11 is 0. The largest absolute Gasteiger partial charge is 0.481 e. The number of nitrogens with one attached hydrogen (secondary N) is 2. The molecule has 5 N–H and O–H groups in total. The Balaban J connectivity index is 3.42. The molecule has 0 saturated carbocycles. The molecule has 88 valence electrons. The van der Waals surface area contributed by atoms with Crippen molar-refractivity contribution < 1.29 is 14.7 Å². The minimum absolute atomic E-state index is 0.277. The van der Waals surface area contributed by atoms with Gasteiger partial charge in [-0.2, -0.15) is 0 Å². The first kappa shape index (κ1) is 13.7. The first-order valence-electron chi connectivity index (χ1n) is 5.02. The summed E-state index contributed by atoms with van der Waals surface area (Å²) < 4.78 is 0. The molecule has 0 aromatic rings. The Morgan fingerprint density at radius 2 is 1.93 bits per heavy atom. The van der Waals surface area contributed by atoms with E-state index in [9.17, 15) is 9.59 Å². The summed E-state index contributed by atoms with van der Waals surface area (Å²) in [6, 6.07) is -0.277. The summed E-state index contributed by atoms with van der Waals surface area (Å²) in [5.74, 6) is -1.28. The van der Waals surface area contributed by atoms with Crippen molar-refractivity contribution in [3.63, 3.8) is 0 Å². The first-order valence-corrected chi connectivity index (χ1v) is 5.02. The van der Waals surface area contributed by atoms with E-state index in [1.54, 1.807) is 6.92 Å². The molecule has 0 aliphatic carbocycles. The maximum atomic E-state index is 11.1. The van der Waals surface area contributed by atoms with Crippen LogP contribution in [0.2, 0.25) is 0 Å². The summed E-state index contributed by atoms with van der Waals surface area (Å²) in [7, 11) is 0. The van der Waals surface area contributed by atoms with Gasteiger partial charge < -0.3 is 21.5 Å². The third-order valence-electron chi connectivity index (χ3n) is 1.95. The topological polar surface area (TPSA) is 104 Å². The predicted octanol–water partition coefficient (Wildman–Crippen LogP) is -0.255. The van der Waals surface area contributed by atoms with Crippen LogP contribution in [0.4, 0.5) is 4.79 Å². The van der Waals surface area contributed by atoms with Gasteiger partial charge in [0.2, 0.25) is 0 Å². The number of nitrogens with two attached hydrogens (primary N) is 1. The Morgan fingerprint density at radius 1 is 1.33 bits per heavy atom. The number of amides is 2. The monoisotopic (exact) mass is 217 g/mol. The molecule has 0 rings (SSSR count). The van der Waals surface area contributed by atoms with Crippen molar-refractivity contribution in [2.45, 2.75) is 19.8 Å². The zero-order valence-electron chi connectivity index (χ0n) is 8.95. The molecule has 0 heterocycles. The molecule has 6 heteroatoms. The summed E-state index contributed by atoms with van der Waals surface area (Å²) in [6.45, 7) is 3.05. The lowest BCUT2D eigenvalue weighted by molar-refractivity contribution is -0.141. The molecule has 0 aromatic heterocycles. The minimum atomic E-state index is -0.847. The predicted molar refractivity (Wildman–Crippen MR) is 56.5 cm³/mol. The average Bonchev–Trinajstić information content (AvgIpc) is 2.18. The maximum absolute atomic E-state index is 11.1. The van der Waals surface area contributed by atoms with Crippen molar-refractivity contribution >= 4 is 12.0 Å². The van der Waals surface area contributed by atoms with Crippen molar-refractivity contribution in [2.24, 2.45) is 11.7 Å². The molecule has 0 spiro atoms. The van der Waals surface area contributed by atoms with Crippen LogP contribution in [0.15, 0.2) is 0 Å². The van der Waals surface area contributed by atoms with Gasteiger partial charge in [0.25, 0.3) is 0 Å². The number of urea groups is 1. The van der Waals surface area contributed by atoms with E-state index in [4.69, 9.17) is 10.8 Å². The van der Waals surface area contributed by atoms with E-state index >= 15 is 0 Å². The number of aliphatic carboxylic acids is 1. The van der Waals surface area contributed by atoms with Gasteiger partial charge in [0.1, 0.15) is 0 Å². The highest BCUT2D eigenvalue weighted by Gasteiger charge is 2.10. The fraction of sp³-hybridized carbons (Fsp3) is 0.778. The first-order chi connectivity index (χ1) is 7.07. The van der Waals surface area contributed by atoms with Gasteiger partial charge in [-0.1, -0.05) is 6.92 Å². The molecule has 0 aliphatic rings. The van der Waals surface area contributed by atoms with Crippen molar-refractivity contribution in [1.82, 2.24) is 10.6 Å². The second-order valence-electron chi connectivity index (χ2n) is 3.35. The third-order valence-corrected chi connectivity index (χ3v) is 1.95. The van der Waals surface area contributed by atoms with Gasteiger partial charge in [0.05, 0.1) is 5.92 Å². The van der Waals surface area contributed by atoms with Gasteiger partial charge in [-0.05, 0) is 19.4 Å². The lowest BCUT2D eigenvalue weighted by atomic mass is 10.1. The zero-order chi connectivity index (χ0) is 11.7. The van der Waals surface area contributed by atoms with Crippen molar-refractivity contribution in [3.05, 3.63) is 0 Å². The summed E-state index contributed by atoms with van der Waals surface area (Å²) in [5.41, 5.74) is 5.25. The SMILES string of the molecule is CC(CCNC(=O)NCCCN)C(=O)O. The molecule has 6 nitrogen and oxygen atoms in total. The molecule has 15 heavy (non-hydrogen) atoms. The highest BCUT2D eigenvalue weighted by molar-refractivity contribution is 5.74. The van der Waals surface area contributed by atoms with Crippen LogP contribution in [-0.4, -0.2) is 36.7 Å². The fourth-order valence-corrected chi connectivity index (χ4v) is 0.892. The van der Waals surface area contributed by atoms with Crippen LogP contribution in [0.5, 0.6) is 0 Å². The zero-order valence-corrected chi connectivity index (χ0v) is 8.95. The molecule has 0 aliphatic heterocycles. The fourth-order valence-electron chi connectivity index (χ4n) is 0.892. The quantitative estimate of drug-likeness (QED) is 0.441. The molecule has 2 amide bonds. The van der Waals surface area contributed by atoms with Crippen LogP contribution in [0, 0.1) is 5.92 Å². The van der Waals surface area contributed by atoms with Gasteiger partial charge in [-0.25, -0.2) is 4.79 Å². The molecule has 1 unspecified atom stereocenters. The highest BCUT2D eigenvalue weighted by atomic mass is 16.4. The van der Waals surface area contributed by atoms with E-state index in [2.05, 4.69) is 10.6 Å². The highest BCUT2D eigenvalue weighted by Crippen LogP contribution is 1.99. The second kappa shape index (κ2) is 8.05.